The number of hydrogen-bond acceptors (Lipinski definition) is 2. The van der Waals surface area contributed by atoms with Gasteiger partial charge in [-0.1, -0.05) is 48.2 Å². The van der Waals surface area contributed by atoms with Crippen LogP contribution in [0.3, 0.4) is 0 Å². The molecule has 2 heteroatoms. The predicted octanol–water partition coefficient (Wildman–Crippen LogP) is 4.19. The Morgan fingerprint density at radius 1 is 0.882 bits per heavy atom. The van der Waals surface area contributed by atoms with Crippen LogP contribution in [0.25, 0.3) is 5.57 Å². The molecular formula is C15H12OS. The fourth-order valence-electron chi connectivity index (χ4n) is 2.06. The molecule has 84 valence electrons. The lowest BCUT2D eigenvalue weighted by Gasteiger charge is -2.21. The van der Waals surface area contributed by atoms with Gasteiger partial charge in [0.25, 0.3) is 0 Å². The fraction of sp³-hybridized carbons (Fsp3) is 0.0667. The molecule has 1 aliphatic rings. The second-order valence-electron chi connectivity index (χ2n) is 3.86. The van der Waals surface area contributed by atoms with Crippen LogP contribution in [0.2, 0.25) is 0 Å². The van der Waals surface area contributed by atoms with E-state index in [2.05, 4.69) is 48.5 Å². The molecule has 0 atom stereocenters. The molecule has 2 aromatic rings. The number of rotatable bonds is 1. The quantitative estimate of drug-likeness (QED) is 0.590. The zero-order valence-corrected chi connectivity index (χ0v) is 10.3. The number of methoxy groups -OCH3 is 1. The zero-order valence-electron chi connectivity index (χ0n) is 9.51. The van der Waals surface area contributed by atoms with Gasteiger partial charge < -0.3 is 4.74 Å². The van der Waals surface area contributed by atoms with E-state index in [1.165, 1.54) is 20.9 Å². The molecular weight excluding hydrogens is 228 g/mol. The maximum absolute atomic E-state index is 5.22. The van der Waals surface area contributed by atoms with Gasteiger partial charge in [-0.05, 0) is 23.3 Å². The van der Waals surface area contributed by atoms with E-state index in [1.807, 2.05) is 18.0 Å². The smallest absolute Gasteiger partial charge is 0.0909 e. The summed E-state index contributed by atoms with van der Waals surface area (Å²) < 4.78 is 5.22. The highest BCUT2D eigenvalue weighted by Gasteiger charge is 2.20. The summed E-state index contributed by atoms with van der Waals surface area (Å²) in [6, 6.07) is 16.9. The third kappa shape index (κ3) is 1.75. The lowest BCUT2D eigenvalue weighted by molar-refractivity contribution is 0.339. The Kier molecular flexibility index (Phi) is 2.65. The molecule has 0 unspecified atom stereocenters. The van der Waals surface area contributed by atoms with Gasteiger partial charge in [-0.2, -0.15) is 0 Å². The number of ether oxygens (including phenoxy) is 1. The fourth-order valence-corrected chi connectivity index (χ4v) is 3.17. The van der Waals surface area contributed by atoms with E-state index in [4.69, 9.17) is 4.74 Å². The van der Waals surface area contributed by atoms with Gasteiger partial charge in [-0.15, -0.1) is 0 Å². The van der Waals surface area contributed by atoms with Crippen molar-refractivity contribution in [2.75, 3.05) is 7.11 Å². The summed E-state index contributed by atoms with van der Waals surface area (Å²) in [4.78, 5) is 2.57. The second kappa shape index (κ2) is 4.30. The van der Waals surface area contributed by atoms with Crippen LogP contribution in [0.1, 0.15) is 11.1 Å². The molecule has 0 N–H and O–H groups in total. The van der Waals surface area contributed by atoms with Crippen molar-refractivity contribution in [3.8, 4) is 0 Å². The van der Waals surface area contributed by atoms with Gasteiger partial charge in [0, 0.05) is 15.4 Å². The minimum Gasteiger partial charge on any atom is -0.504 e. The first-order valence-corrected chi connectivity index (χ1v) is 6.31. The van der Waals surface area contributed by atoms with Gasteiger partial charge in [0.1, 0.15) is 0 Å². The summed E-state index contributed by atoms with van der Waals surface area (Å²) in [6.45, 7) is 0. The Labute approximate surface area is 105 Å². The van der Waals surface area contributed by atoms with Crippen molar-refractivity contribution in [3.63, 3.8) is 0 Å². The molecule has 0 bridgehead atoms. The third-order valence-electron chi connectivity index (χ3n) is 2.81. The van der Waals surface area contributed by atoms with Crippen LogP contribution >= 0.6 is 11.8 Å². The maximum atomic E-state index is 5.22. The van der Waals surface area contributed by atoms with Crippen LogP contribution in [-0.4, -0.2) is 7.11 Å². The predicted molar refractivity (Wildman–Crippen MR) is 71.1 cm³/mol. The van der Waals surface area contributed by atoms with Crippen molar-refractivity contribution in [3.05, 3.63) is 65.9 Å². The standard InChI is InChI=1S/C15H12OS/c1-16-10-13-11-6-2-4-8-14(11)17-15-9-5-3-7-12(13)15/h2-10H,1H3. The van der Waals surface area contributed by atoms with Crippen LogP contribution in [0.4, 0.5) is 0 Å². The lowest BCUT2D eigenvalue weighted by atomic mass is 9.98. The third-order valence-corrected chi connectivity index (χ3v) is 3.96. The van der Waals surface area contributed by atoms with Crippen LogP contribution in [-0.2, 0) is 4.74 Å². The molecule has 17 heavy (non-hydrogen) atoms. The lowest BCUT2D eigenvalue weighted by Crippen LogP contribution is -1.98. The molecule has 0 fully saturated rings. The summed E-state index contributed by atoms with van der Waals surface area (Å²) in [6.07, 6.45) is 1.83. The molecule has 0 spiro atoms. The van der Waals surface area contributed by atoms with Crippen molar-refractivity contribution in [2.24, 2.45) is 0 Å². The Hall–Kier alpha value is -1.67. The van der Waals surface area contributed by atoms with Crippen molar-refractivity contribution in [2.45, 2.75) is 9.79 Å². The Bertz CT molecular complexity index is 539. The first-order chi connectivity index (χ1) is 8.40. The minimum atomic E-state index is 1.16. The highest BCUT2D eigenvalue weighted by Crippen LogP contribution is 2.44. The highest BCUT2D eigenvalue weighted by molar-refractivity contribution is 7.99. The van der Waals surface area contributed by atoms with E-state index in [0.29, 0.717) is 0 Å². The molecule has 0 aliphatic carbocycles. The van der Waals surface area contributed by atoms with Gasteiger partial charge in [-0.3, -0.25) is 0 Å². The van der Waals surface area contributed by atoms with E-state index in [0.717, 1.165) is 5.57 Å². The summed E-state index contributed by atoms with van der Waals surface area (Å²) in [7, 11) is 1.69. The molecule has 0 saturated heterocycles. The minimum absolute atomic E-state index is 1.16. The van der Waals surface area contributed by atoms with Gasteiger partial charge in [0.05, 0.1) is 13.4 Å². The summed E-state index contributed by atoms with van der Waals surface area (Å²) in [5.74, 6) is 0. The van der Waals surface area contributed by atoms with Crippen molar-refractivity contribution in [1.29, 1.82) is 0 Å². The van der Waals surface area contributed by atoms with Crippen molar-refractivity contribution >= 4 is 17.3 Å². The highest BCUT2D eigenvalue weighted by atomic mass is 32.2. The topological polar surface area (TPSA) is 9.23 Å². The van der Waals surface area contributed by atoms with Gasteiger partial charge in [0.2, 0.25) is 0 Å². The first kappa shape index (κ1) is 10.5. The van der Waals surface area contributed by atoms with Gasteiger partial charge >= 0.3 is 0 Å². The summed E-state index contributed by atoms with van der Waals surface area (Å²) >= 11 is 1.82. The molecule has 1 heterocycles. The molecule has 3 rings (SSSR count). The van der Waals surface area contributed by atoms with E-state index in [-0.39, 0.29) is 0 Å². The van der Waals surface area contributed by atoms with Crippen molar-refractivity contribution < 1.29 is 4.74 Å². The molecule has 0 saturated carbocycles. The van der Waals surface area contributed by atoms with Gasteiger partial charge in [0.15, 0.2) is 0 Å². The SMILES string of the molecule is COC=C1c2ccccc2Sc2ccccc21. The Morgan fingerprint density at radius 2 is 1.41 bits per heavy atom. The van der Waals surface area contributed by atoms with Crippen LogP contribution in [0.5, 0.6) is 0 Å². The van der Waals surface area contributed by atoms with Gasteiger partial charge in [-0.25, -0.2) is 0 Å². The van der Waals surface area contributed by atoms with Crippen LogP contribution in [0.15, 0.2) is 64.6 Å². The van der Waals surface area contributed by atoms with Crippen LogP contribution in [0, 0.1) is 0 Å². The largest absolute Gasteiger partial charge is 0.504 e. The molecule has 2 aromatic carbocycles. The number of benzene rings is 2. The average molecular weight is 240 g/mol. The molecule has 1 aliphatic heterocycles. The van der Waals surface area contributed by atoms with Crippen molar-refractivity contribution in [1.82, 2.24) is 0 Å². The zero-order chi connectivity index (χ0) is 11.7. The number of hydrogen-bond donors (Lipinski definition) is 0. The van der Waals surface area contributed by atoms with Crippen LogP contribution < -0.4 is 0 Å². The van der Waals surface area contributed by atoms with E-state index < -0.39 is 0 Å². The monoisotopic (exact) mass is 240 g/mol. The molecule has 0 aromatic heterocycles. The Morgan fingerprint density at radius 3 is 1.94 bits per heavy atom. The summed E-state index contributed by atoms with van der Waals surface area (Å²) in [5.41, 5.74) is 3.66. The Balaban J connectivity index is 2.24. The summed E-state index contributed by atoms with van der Waals surface area (Å²) in [5, 5.41) is 0. The molecule has 1 nitrogen and oxygen atoms in total. The second-order valence-corrected chi connectivity index (χ2v) is 4.95. The van der Waals surface area contributed by atoms with E-state index in [1.54, 1.807) is 7.11 Å². The average Bonchev–Trinajstić information content (AvgIpc) is 2.39. The molecule has 0 radical (unpaired) electrons. The molecule has 0 amide bonds. The van der Waals surface area contributed by atoms with E-state index >= 15 is 0 Å². The normalized spacial score (nSPS) is 12.6. The first-order valence-electron chi connectivity index (χ1n) is 5.50. The number of fused-ring (bicyclic) bond motifs is 2. The maximum Gasteiger partial charge on any atom is 0.0909 e. The van der Waals surface area contributed by atoms with E-state index in [9.17, 15) is 0 Å².